The summed E-state index contributed by atoms with van der Waals surface area (Å²) in [6.45, 7) is 2.15. The molecule has 7 heteroatoms. The summed E-state index contributed by atoms with van der Waals surface area (Å²) in [6, 6.07) is 41.4. The van der Waals surface area contributed by atoms with Crippen molar-refractivity contribution in [3.8, 4) is 50.8 Å². The molecule has 0 N–H and O–H groups in total. The summed E-state index contributed by atoms with van der Waals surface area (Å²) in [7, 11) is 0. The zero-order chi connectivity index (χ0) is 32.7. The van der Waals surface area contributed by atoms with Gasteiger partial charge in [-0.15, -0.1) is 0 Å². The van der Waals surface area contributed by atoms with E-state index in [0.717, 1.165) is 90.0 Å². The normalized spacial score (nSPS) is 11.4. The lowest BCUT2D eigenvalue weighted by Crippen LogP contribution is -1.99. The molecule has 0 saturated carbocycles. The van der Waals surface area contributed by atoms with Crippen LogP contribution in [0.3, 0.4) is 0 Å². The summed E-state index contributed by atoms with van der Waals surface area (Å²) in [5, 5.41) is 3.28. The Labute approximate surface area is 282 Å². The van der Waals surface area contributed by atoms with Gasteiger partial charge in [-0.1, -0.05) is 73.7 Å². The number of aromatic nitrogens is 7. The highest BCUT2D eigenvalue weighted by molar-refractivity contribution is 6.19. The standard InChI is InChI=1S/C42H29N7/c1-2-38-48-41-37(49(38)31-12-4-3-5-13-31)21-20-33-32-14-6-7-15-34(32)45-40(39(33)41)27-16-18-28(19-17-27)42-46-35(29-10-8-22-43-25-29)24-36(47-42)30-11-9-23-44-26-30/h3-26H,2H2,1H3. The van der Waals surface area contributed by atoms with Crippen molar-refractivity contribution in [1.29, 1.82) is 0 Å². The molecule has 232 valence electrons. The quantitative estimate of drug-likeness (QED) is 0.170. The SMILES string of the molecule is CCc1nc2c3c(-c4ccc(-c5nc(-c6cccnc6)cc(-c6cccnc6)n5)cc4)nc4ccccc4c3ccc2n1-c1ccccc1. The predicted octanol–water partition coefficient (Wildman–Crippen LogP) is 9.54. The molecule has 0 fully saturated rings. The summed E-state index contributed by atoms with van der Waals surface area (Å²) in [6.07, 6.45) is 7.97. The van der Waals surface area contributed by atoms with E-state index in [0.29, 0.717) is 5.82 Å². The van der Waals surface area contributed by atoms with Crippen molar-refractivity contribution in [1.82, 2.24) is 34.5 Å². The molecule has 0 aliphatic heterocycles. The second kappa shape index (κ2) is 11.9. The average molecular weight is 632 g/mol. The molecular formula is C42H29N7. The summed E-state index contributed by atoms with van der Waals surface area (Å²) >= 11 is 0. The van der Waals surface area contributed by atoms with Gasteiger partial charge >= 0.3 is 0 Å². The number of hydrogen-bond acceptors (Lipinski definition) is 6. The number of pyridine rings is 3. The van der Waals surface area contributed by atoms with Crippen LogP contribution in [-0.2, 0) is 6.42 Å². The molecule has 0 amide bonds. The highest BCUT2D eigenvalue weighted by atomic mass is 15.1. The second-order valence-corrected chi connectivity index (χ2v) is 11.9. The van der Waals surface area contributed by atoms with Gasteiger partial charge in [0, 0.05) is 69.9 Å². The Morgan fingerprint density at radius 3 is 1.90 bits per heavy atom. The molecule has 0 saturated heterocycles. The molecule has 0 radical (unpaired) electrons. The lowest BCUT2D eigenvalue weighted by Gasteiger charge is -2.13. The first kappa shape index (κ1) is 28.6. The number of nitrogens with zero attached hydrogens (tertiary/aromatic N) is 7. The smallest absolute Gasteiger partial charge is 0.160 e. The van der Waals surface area contributed by atoms with Gasteiger partial charge < -0.3 is 0 Å². The van der Waals surface area contributed by atoms with E-state index in [-0.39, 0.29) is 0 Å². The monoisotopic (exact) mass is 631 g/mol. The third-order valence-electron chi connectivity index (χ3n) is 8.95. The first-order chi connectivity index (χ1) is 24.2. The lowest BCUT2D eigenvalue weighted by molar-refractivity contribution is 0.908. The van der Waals surface area contributed by atoms with E-state index in [9.17, 15) is 0 Å². The number of aryl methyl sites for hydroxylation is 1. The molecular weight excluding hydrogens is 603 g/mol. The van der Waals surface area contributed by atoms with Crippen molar-refractivity contribution in [2.75, 3.05) is 0 Å². The first-order valence-electron chi connectivity index (χ1n) is 16.3. The van der Waals surface area contributed by atoms with Gasteiger partial charge in [0.25, 0.3) is 0 Å². The van der Waals surface area contributed by atoms with Crippen LogP contribution in [0.1, 0.15) is 12.7 Å². The molecule has 0 bridgehead atoms. The Balaban J connectivity index is 1.23. The molecule has 0 aliphatic rings. The summed E-state index contributed by atoms with van der Waals surface area (Å²) in [4.78, 5) is 29.2. The number of benzene rings is 4. The molecule has 0 spiro atoms. The van der Waals surface area contributed by atoms with Crippen LogP contribution in [0.4, 0.5) is 0 Å². The zero-order valence-corrected chi connectivity index (χ0v) is 26.7. The van der Waals surface area contributed by atoms with Gasteiger partial charge in [-0.05, 0) is 60.0 Å². The maximum atomic E-state index is 5.28. The van der Waals surface area contributed by atoms with Gasteiger partial charge in [0.05, 0.1) is 33.6 Å². The number of para-hydroxylation sites is 2. The van der Waals surface area contributed by atoms with Crippen LogP contribution >= 0.6 is 0 Å². The van der Waals surface area contributed by atoms with E-state index < -0.39 is 0 Å². The minimum absolute atomic E-state index is 0.625. The van der Waals surface area contributed by atoms with Crippen molar-refractivity contribution < 1.29 is 0 Å². The summed E-state index contributed by atoms with van der Waals surface area (Å²) < 4.78 is 2.27. The number of hydrogen-bond donors (Lipinski definition) is 0. The van der Waals surface area contributed by atoms with Crippen LogP contribution in [-0.4, -0.2) is 34.5 Å². The van der Waals surface area contributed by atoms with Gasteiger partial charge in [-0.3, -0.25) is 14.5 Å². The Bertz CT molecular complexity index is 2560. The fraction of sp³-hybridized carbons (Fsp3) is 0.0476. The number of fused-ring (bicyclic) bond motifs is 5. The minimum Gasteiger partial charge on any atom is -0.296 e. The zero-order valence-electron chi connectivity index (χ0n) is 26.7. The average Bonchev–Trinajstić information content (AvgIpc) is 3.57. The van der Waals surface area contributed by atoms with Crippen molar-refractivity contribution in [2.45, 2.75) is 13.3 Å². The van der Waals surface area contributed by atoms with Crippen LogP contribution in [0.15, 0.2) is 146 Å². The highest BCUT2D eigenvalue weighted by Crippen LogP contribution is 2.39. The predicted molar refractivity (Wildman–Crippen MR) is 196 cm³/mol. The van der Waals surface area contributed by atoms with Gasteiger partial charge in [-0.25, -0.2) is 19.9 Å². The van der Waals surface area contributed by atoms with Crippen molar-refractivity contribution >= 4 is 32.7 Å². The topological polar surface area (TPSA) is 82.3 Å². The minimum atomic E-state index is 0.625. The molecule has 5 heterocycles. The van der Waals surface area contributed by atoms with E-state index >= 15 is 0 Å². The van der Waals surface area contributed by atoms with Gasteiger partial charge in [0.15, 0.2) is 5.82 Å². The van der Waals surface area contributed by atoms with E-state index in [1.54, 1.807) is 12.4 Å². The fourth-order valence-corrected chi connectivity index (χ4v) is 6.62. The second-order valence-electron chi connectivity index (χ2n) is 11.9. The fourth-order valence-electron chi connectivity index (χ4n) is 6.62. The third-order valence-corrected chi connectivity index (χ3v) is 8.95. The summed E-state index contributed by atoms with van der Waals surface area (Å²) in [5.41, 5.74) is 10.3. The highest BCUT2D eigenvalue weighted by Gasteiger charge is 2.20. The van der Waals surface area contributed by atoms with Crippen LogP contribution < -0.4 is 0 Å². The third kappa shape index (κ3) is 5.00. The Hall–Kier alpha value is -6.60. The molecule has 4 aromatic carbocycles. The molecule has 7 nitrogen and oxygen atoms in total. The van der Waals surface area contributed by atoms with Crippen LogP contribution in [0.25, 0.3) is 83.6 Å². The summed E-state index contributed by atoms with van der Waals surface area (Å²) in [5.74, 6) is 1.64. The molecule has 49 heavy (non-hydrogen) atoms. The number of imidazole rings is 1. The van der Waals surface area contributed by atoms with Crippen LogP contribution in [0, 0.1) is 0 Å². The molecule has 9 aromatic rings. The van der Waals surface area contributed by atoms with E-state index in [2.05, 4.69) is 100 Å². The van der Waals surface area contributed by atoms with Crippen LogP contribution in [0.5, 0.6) is 0 Å². The maximum absolute atomic E-state index is 5.28. The molecule has 0 atom stereocenters. The molecule has 5 aromatic heterocycles. The van der Waals surface area contributed by atoms with Crippen molar-refractivity contribution in [3.05, 3.63) is 152 Å². The lowest BCUT2D eigenvalue weighted by atomic mass is 9.98. The van der Waals surface area contributed by atoms with E-state index in [4.69, 9.17) is 19.9 Å². The van der Waals surface area contributed by atoms with Crippen molar-refractivity contribution in [3.63, 3.8) is 0 Å². The molecule has 0 aliphatic carbocycles. The van der Waals surface area contributed by atoms with E-state index in [1.165, 1.54) is 0 Å². The van der Waals surface area contributed by atoms with Gasteiger partial charge in [-0.2, -0.15) is 0 Å². The first-order valence-corrected chi connectivity index (χ1v) is 16.3. The molecule has 9 rings (SSSR count). The van der Waals surface area contributed by atoms with Gasteiger partial charge in [0.1, 0.15) is 5.82 Å². The Morgan fingerprint density at radius 2 is 1.22 bits per heavy atom. The van der Waals surface area contributed by atoms with Crippen LogP contribution in [0.2, 0.25) is 0 Å². The molecule has 0 unspecified atom stereocenters. The maximum Gasteiger partial charge on any atom is 0.160 e. The van der Waals surface area contributed by atoms with Crippen molar-refractivity contribution in [2.24, 2.45) is 0 Å². The largest absolute Gasteiger partial charge is 0.296 e. The van der Waals surface area contributed by atoms with E-state index in [1.807, 2.05) is 54.9 Å². The Kier molecular flexibility index (Phi) is 6.94. The van der Waals surface area contributed by atoms with Gasteiger partial charge in [0.2, 0.25) is 0 Å². The Morgan fingerprint density at radius 1 is 0.551 bits per heavy atom. The number of rotatable bonds is 6.